The molecule has 0 aromatic carbocycles. The molecule has 1 unspecified atom stereocenters. The Morgan fingerprint density at radius 1 is 1.36 bits per heavy atom. The smallest absolute Gasteiger partial charge is 0.00847 e. The van der Waals surface area contributed by atoms with Crippen molar-refractivity contribution in [1.29, 1.82) is 0 Å². The van der Waals surface area contributed by atoms with E-state index < -0.39 is 0 Å². The maximum absolute atomic E-state index is 3.74. The highest BCUT2D eigenvalue weighted by Crippen LogP contribution is 1.98. The standard InChI is InChI=1S/2C7H12/c1-4-5-6-7(2)3;1-4-6-7(3)5-2/h4H,1-2,5-6H2,3H3;4-7H,2H2,1,3H3/b;6-4+. The van der Waals surface area contributed by atoms with Gasteiger partial charge in [0.15, 0.2) is 0 Å². The van der Waals surface area contributed by atoms with Crippen molar-refractivity contribution in [2.45, 2.75) is 33.6 Å². The molecule has 80 valence electrons. The molecular weight excluding hydrogens is 168 g/mol. The third-order valence-corrected chi connectivity index (χ3v) is 1.64. The van der Waals surface area contributed by atoms with Crippen LogP contribution in [0.15, 0.2) is 49.6 Å². The predicted molar refractivity (Wildman–Crippen MR) is 68.4 cm³/mol. The Kier molecular flexibility index (Phi) is 13.2. The minimum Gasteiger partial charge on any atom is -0.103 e. The van der Waals surface area contributed by atoms with Crippen molar-refractivity contribution in [3.8, 4) is 0 Å². The Morgan fingerprint density at radius 3 is 2.07 bits per heavy atom. The van der Waals surface area contributed by atoms with E-state index in [4.69, 9.17) is 0 Å². The summed E-state index contributed by atoms with van der Waals surface area (Å²) >= 11 is 0. The van der Waals surface area contributed by atoms with Crippen LogP contribution in [0.5, 0.6) is 0 Å². The first-order valence-electron chi connectivity index (χ1n) is 5.09. The number of rotatable bonds is 5. The minimum atomic E-state index is 0.532. The van der Waals surface area contributed by atoms with Crippen LogP contribution in [0.2, 0.25) is 0 Å². The summed E-state index contributed by atoms with van der Waals surface area (Å²) in [5.74, 6) is 0.532. The molecule has 0 rings (SSSR count). The van der Waals surface area contributed by atoms with E-state index in [0.29, 0.717) is 5.92 Å². The number of hydrogen-bond acceptors (Lipinski definition) is 0. The van der Waals surface area contributed by atoms with Crippen LogP contribution >= 0.6 is 0 Å². The van der Waals surface area contributed by atoms with E-state index in [0.717, 1.165) is 12.8 Å². The number of hydrogen-bond donors (Lipinski definition) is 0. The summed E-state index contributed by atoms with van der Waals surface area (Å²) < 4.78 is 0. The summed E-state index contributed by atoms with van der Waals surface area (Å²) in [7, 11) is 0. The van der Waals surface area contributed by atoms with Crippen LogP contribution in [0.3, 0.4) is 0 Å². The Labute approximate surface area is 89.7 Å². The van der Waals surface area contributed by atoms with Crippen molar-refractivity contribution < 1.29 is 0 Å². The van der Waals surface area contributed by atoms with Gasteiger partial charge in [-0.2, -0.15) is 0 Å². The molecule has 0 amide bonds. The monoisotopic (exact) mass is 192 g/mol. The zero-order chi connectivity index (χ0) is 11.4. The third kappa shape index (κ3) is 17.2. The molecule has 0 saturated heterocycles. The molecule has 0 radical (unpaired) electrons. The van der Waals surface area contributed by atoms with Crippen LogP contribution < -0.4 is 0 Å². The largest absolute Gasteiger partial charge is 0.103 e. The lowest BCUT2D eigenvalue weighted by Gasteiger charge is -1.90. The van der Waals surface area contributed by atoms with Gasteiger partial charge in [-0.15, -0.1) is 19.7 Å². The van der Waals surface area contributed by atoms with Gasteiger partial charge in [0.05, 0.1) is 0 Å². The molecule has 0 fully saturated rings. The Morgan fingerprint density at radius 2 is 1.93 bits per heavy atom. The molecule has 0 heterocycles. The van der Waals surface area contributed by atoms with Gasteiger partial charge in [-0.3, -0.25) is 0 Å². The summed E-state index contributed by atoms with van der Waals surface area (Å²) in [4.78, 5) is 0. The van der Waals surface area contributed by atoms with Crippen molar-refractivity contribution in [3.63, 3.8) is 0 Å². The van der Waals surface area contributed by atoms with Gasteiger partial charge in [-0.25, -0.2) is 0 Å². The predicted octanol–water partition coefficient (Wildman–Crippen LogP) is 4.91. The van der Waals surface area contributed by atoms with Gasteiger partial charge in [0.1, 0.15) is 0 Å². The van der Waals surface area contributed by atoms with Gasteiger partial charge in [-0.05, 0) is 32.6 Å². The summed E-state index contributed by atoms with van der Waals surface area (Å²) in [6, 6.07) is 0. The van der Waals surface area contributed by atoms with E-state index >= 15 is 0 Å². The Hall–Kier alpha value is -1.04. The van der Waals surface area contributed by atoms with E-state index in [1.165, 1.54) is 5.57 Å². The highest BCUT2D eigenvalue weighted by molar-refractivity contribution is 4.92. The van der Waals surface area contributed by atoms with Gasteiger partial charge < -0.3 is 0 Å². The summed E-state index contributed by atoms with van der Waals surface area (Å²) in [6.45, 7) is 17.1. The topological polar surface area (TPSA) is 0 Å². The molecule has 0 bridgehead atoms. The minimum absolute atomic E-state index is 0.532. The molecule has 0 heteroatoms. The van der Waals surface area contributed by atoms with E-state index in [9.17, 15) is 0 Å². The lowest BCUT2D eigenvalue weighted by molar-refractivity contribution is 0.941. The zero-order valence-corrected chi connectivity index (χ0v) is 9.92. The lowest BCUT2D eigenvalue weighted by Crippen LogP contribution is -1.76. The van der Waals surface area contributed by atoms with Crippen molar-refractivity contribution >= 4 is 0 Å². The zero-order valence-electron chi connectivity index (χ0n) is 9.92. The normalized spacial score (nSPS) is 11.4. The van der Waals surface area contributed by atoms with Crippen molar-refractivity contribution in [3.05, 3.63) is 49.6 Å². The van der Waals surface area contributed by atoms with Crippen LogP contribution in [0.1, 0.15) is 33.6 Å². The van der Waals surface area contributed by atoms with Crippen molar-refractivity contribution in [2.24, 2.45) is 5.92 Å². The highest BCUT2D eigenvalue weighted by atomic mass is 13.9. The van der Waals surface area contributed by atoms with Crippen LogP contribution in [-0.2, 0) is 0 Å². The summed E-state index contributed by atoms with van der Waals surface area (Å²) in [6.07, 6.45) is 10.1. The first-order valence-corrected chi connectivity index (χ1v) is 5.09. The first kappa shape index (κ1) is 15.4. The second kappa shape index (κ2) is 12.0. The highest BCUT2D eigenvalue weighted by Gasteiger charge is 1.81. The molecule has 0 aromatic rings. The van der Waals surface area contributed by atoms with E-state index in [2.05, 4.69) is 32.7 Å². The molecule has 0 aromatic heterocycles. The second-order valence-electron chi connectivity index (χ2n) is 3.41. The lowest BCUT2D eigenvalue weighted by atomic mass is 10.2. The van der Waals surface area contributed by atoms with Crippen molar-refractivity contribution in [1.82, 2.24) is 0 Å². The van der Waals surface area contributed by atoms with Crippen LogP contribution in [0.4, 0.5) is 0 Å². The van der Waals surface area contributed by atoms with Crippen molar-refractivity contribution in [2.75, 3.05) is 0 Å². The molecular formula is C14H24. The summed E-state index contributed by atoms with van der Waals surface area (Å²) in [5.41, 5.74) is 1.24. The molecule has 0 aliphatic heterocycles. The average molecular weight is 192 g/mol. The van der Waals surface area contributed by atoms with Gasteiger partial charge in [0.25, 0.3) is 0 Å². The van der Waals surface area contributed by atoms with Gasteiger partial charge in [-0.1, -0.05) is 36.8 Å². The van der Waals surface area contributed by atoms with Gasteiger partial charge >= 0.3 is 0 Å². The molecule has 0 aliphatic rings. The fourth-order valence-corrected chi connectivity index (χ4v) is 0.731. The Bertz CT molecular complexity index is 184. The fraction of sp³-hybridized carbons (Fsp3) is 0.429. The maximum Gasteiger partial charge on any atom is -0.00847 e. The van der Waals surface area contributed by atoms with Gasteiger partial charge in [0, 0.05) is 0 Å². The molecule has 0 aliphatic carbocycles. The fourth-order valence-electron chi connectivity index (χ4n) is 0.731. The molecule has 14 heavy (non-hydrogen) atoms. The Balaban J connectivity index is 0. The molecule has 0 N–H and O–H groups in total. The average Bonchev–Trinajstić information content (AvgIpc) is 2.16. The SMILES string of the molecule is C=CC(C)/C=C/C.C=CCCC(=C)C. The number of allylic oxidation sites excluding steroid dienone is 5. The van der Waals surface area contributed by atoms with Gasteiger partial charge in [0.2, 0.25) is 0 Å². The van der Waals surface area contributed by atoms with E-state index in [1.807, 2.05) is 32.1 Å². The van der Waals surface area contributed by atoms with Crippen LogP contribution in [0, 0.1) is 5.92 Å². The molecule has 0 spiro atoms. The second-order valence-corrected chi connectivity index (χ2v) is 3.41. The van der Waals surface area contributed by atoms with E-state index in [1.54, 1.807) is 0 Å². The first-order chi connectivity index (χ1) is 6.58. The molecule has 1 atom stereocenters. The third-order valence-electron chi connectivity index (χ3n) is 1.64. The van der Waals surface area contributed by atoms with Crippen LogP contribution in [-0.4, -0.2) is 0 Å². The summed E-state index contributed by atoms with van der Waals surface area (Å²) in [5, 5.41) is 0. The molecule has 0 nitrogen and oxygen atoms in total. The quantitative estimate of drug-likeness (QED) is 0.543. The van der Waals surface area contributed by atoms with Crippen LogP contribution in [0.25, 0.3) is 0 Å². The molecule has 0 saturated carbocycles. The maximum atomic E-state index is 3.74. The van der Waals surface area contributed by atoms with E-state index in [-0.39, 0.29) is 0 Å².